The highest BCUT2D eigenvalue weighted by atomic mass is 35.5. The molecule has 2 fully saturated rings. The van der Waals surface area contributed by atoms with Crippen molar-refractivity contribution in [2.24, 2.45) is 0 Å². The molecule has 2 amide bonds. The number of benzene rings is 1. The van der Waals surface area contributed by atoms with Gasteiger partial charge in [0.25, 0.3) is 0 Å². The van der Waals surface area contributed by atoms with Crippen LogP contribution in [0.2, 0.25) is 5.02 Å². The van der Waals surface area contributed by atoms with E-state index in [0.717, 1.165) is 32.4 Å². The Hall–Kier alpha value is -1.64. The molecule has 2 atom stereocenters. The van der Waals surface area contributed by atoms with Crippen LogP contribution in [0, 0.1) is 0 Å². The maximum Gasteiger partial charge on any atom is 0.245 e. The van der Waals surface area contributed by atoms with E-state index in [1.165, 1.54) is 29.2 Å². The van der Waals surface area contributed by atoms with Crippen LogP contribution >= 0.6 is 11.6 Å². The van der Waals surface area contributed by atoms with Gasteiger partial charge in [-0.05, 0) is 56.9 Å². The maximum atomic E-state index is 12.7. The maximum absolute atomic E-state index is 12.7. The van der Waals surface area contributed by atoms with E-state index in [2.05, 4.69) is 4.72 Å². The summed E-state index contributed by atoms with van der Waals surface area (Å²) in [5.74, 6) is -0.422. The summed E-state index contributed by atoms with van der Waals surface area (Å²) in [6, 6.07) is 4.31. The van der Waals surface area contributed by atoms with E-state index >= 15 is 0 Å². The highest BCUT2D eigenvalue weighted by Gasteiger charge is 2.40. The number of halogens is 1. The second-order valence-corrected chi connectivity index (χ2v) is 9.16. The van der Waals surface area contributed by atoms with Gasteiger partial charge in [0.1, 0.15) is 12.1 Å². The molecule has 0 aromatic heterocycles. The van der Waals surface area contributed by atoms with Crippen molar-refractivity contribution in [1.29, 1.82) is 0 Å². The van der Waals surface area contributed by atoms with Gasteiger partial charge in [0, 0.05) is 24.7 Å². The molecule has 3 rings (SSSR count). The van der Waals surface area contributed by atoms with Crippen molar-refractivity contribution in [3.63, 3.8) is 0 Å². The molecular weight excluding hydrogens is 390 g/mol. The Bertz CT molecular complexity index is 806. The SMILES string of the molecule is C[C@H](C(=O)N1CCCCC1)N1CC[C@@H](NS(=O)(=O)c2ccc(Cl)cc2)C1=O. The summed E-state index contributed by atoms with van der Waals surface area (Å²) in [5, 5.41) is 0.433. The number of likely N-dealkylation sites (tertiary alicyclic amines) is 2. The lowest BCUT2D eigenvalue weighted by Gasteiger charge is -2.32. The highest BCUT2D eigenvalue weighted by molar-refractivity contribution is 7.89. The van der Waals surface area contributed by atoms with Crippen molar-refractivity contribution in [3.8, 4) is 0 Å². The summed E-state index contributed by atoms with van der Waals surface area (Å²) in [4.78, 5) is 28.7. The highest BCUT2D eigenvalue weighted by Crippen LogP contribution is 2.21. The number of nitrogens with zero attached hydrogens (tertiary/aromatic N) is 2. The molecule has 0 saturated carbocycles. The number of carbonyl (C=O) groups is 2. The van der Waals surface area contributed by atoms with E-state index < -0.39 is 22.1 Å². The van der Waals surface area contributed by atoms with E-state index in [1.54, 1.807) is 11.8 Å². The van der Waals surface area contributed by atoms with Gasteiger partial charge in [-0.15, -0.1) is 0 Å². The molecule has 0 radical (unpaired) electrons. The summed E-state index contributed by atoms with van der Waals surface area (Å²) < 4.78 is 27.5. The predicted octanol–water partition coefficient (Wildman–Crippen LogP) is 1.62. The third-order valence-electron chi connectivity index (χ3n) is 5.15. The molecule has 0 unspecified atom stereocenters. The van der Waals surface area contributed by atoms with Crippen molar-refractivity contribution < 1.29 is 18.0 Å². The van der Waals surface area contributed by atoms with Gasteiger partial charge in [-0.25, -0.2) is 8.42 Å². The number of sulfonamides is 1. The smallest absolute Gasteiger partial charge is 0.245 e. The molecule has 1 aromatic rings. The summed E-state index contributed by atoms with van der Waals surface area (Å²) >= 11 is 5.79. The molecule has 2 aliphatic rings. The Morgan fingerprint density at radius 1 is 1.15 bits per heavy atom. The van der Waals surface area contributed by atoms with Gasteiger partial charge in [0.05, 0.1) is 4.90 Å². The average Bonchev–Trinajstić information content (AvgIpc) is 3.01. The third-order valence-corrected chi connectivity index (χ3v) is 6.89. The molecule has 27 heavy (non-hydrogen) atoms. The number of hydrogen-bond acceptors (Lipinski definition) is 4. The van der Waals surface area contributed by atoms with Crippen molar-refractivity contribution in [2.45, 2.75) is 49.6 Å². The van der Waals surface area contributed by atoms with Crippen LogP contribution < -0.4 is 4.72 Å². The van der Waals surface area contributed by atoms with E-state index in [4.69, 9.17) is 11.6 Å². The van der Waals surface area contributed by atoms with Crippen LogP contribution in [0.15, 0.2) is 29.2 Å². The first-order chi connectivity index (χ1) is 12.8. The Labute approximate surface area is 164 Å². The van der Waals surface area contributed by atoms with Crippen LogP contribution in [0.4, 0.5) is 0 Å². The van der Waals surface area contributed by atoms with Crippen LogP contribution in [0.25, 0.3) is 0 Å². The predicted molar refractivity (Wildman–Crippen MR) is 102 cm³/mol. The van der Waals surface area contributed by atoms with Crippen LogP contribution in [-0.2, 0) is 19.6 Å². The van der Waals surface area contributed by atoms with Crippen LogP contribution in [0.1, 0.15) is 32.6 Å². The normalized spacial score (nSPS) is 22.1. The lowest BCUT2D eigenvalue weighted by atomic mass is 10.1. The average molecular weight is 414 g/mol. The van der Waals surface area contributed by atoms with Gasteiger partial charge in [-0.3, -0.25) is 9.59 Å². The first-order valence-electron chi connectivity index (χ1n) is 9.17. The third kappa shape index (κ3) is 4.44. The molecular formula is C18H24ClN3O4S. The summed E-state index contributed by atoms with van der Waals surface area (Å²) in [7, 11) is -3.83. The quantitative estimate of drug-likeness (QED) is 0.794. The summed E-state index contributed by atoms with van der Waals surface area (Å²) in [6.45, 7) is 3.51. The number of nitrogens with one attached hydrogen (secondary N) is 1. The van der Waals surface area contributed by atoms with Gasteiger partial charge in [0.15, 0.2) is 0 Å². The fourth-order valence-electron chi connectivity index (χ4n) is 3.58. The minimum atomic E-state index is -3.83. The zero-order valence-corrected chi connectivity index (χ0v) is 16.8. The molecule has 1 N–H and O–H groups in total. The van der Waals surface area contributed by atoms with Crippen molar-refractivity contribution >= 4 is 33.4 Å². The van der Waals surface area contributed by atoms with Crippen LogP contribution in [0.3, 0.4) is 0 Å². The standard InChI is InChI=1S/C18H24ClN3O4S/c1-13(17(23)21-10-3-2-4-11-21)22-12-9-16(18(22)24)20-27(25,26)15-7-5-14(19)6-8-15/h5-8,13,16,20H,2-4,9-12H2,1H3/t13-,16-/m1/s1. The molecule has 7 nitrogen and oxygen atoms in total. The number of hydrogen-bond donors (Lipinski definition) is 1. The summed E-state index contributed by atoms with van der Waals surface area (Å²) in [6.07, 6.45) is 3.42. The second kappa shape index (κ2) is 8.16. The summed E-state index contributed by atoms with van der Waals surface area (Å²) in [5.41, 5.74) is 0. The monoisotopic (exact) mass is 413 g/mol. The van der Waals surface area contributed by atoms with Crippen molar-refractivity contribution in [1.82, 2.24) is 14.5 Å². The molecule has 148 valence electrons. The fraction of sp³-hybridized carbons (Fsp3) is 0.556. The van der Waals surface area contributed by atoms with Gasteiger partial charge >= 0.3 is 0 Å². The van der Waals surface area contributed by atoms with E-state index in [1.807, 2.05) is 0 Å². The zero-order valence-electron chi connectivity index (χ0n) is 15.2. The first-order valence-corrected chi connectivity index (χ1v) is 11.0. The largest absolute Gasteiger partial charge is 0.341 e. The van der Waals surface area contributed by atoms with Crippen LogP contribution in [-0.4, -0.2) is 61.7 Å². The minimum absolute atomic E-state index is 0.0515. The zero-order chi connectivity index (χ0) is 19.6. The van der Waals surface area contributed by atoms with Gasteiger partial charge in [-0.2, -0.15) is 4.72 Å². The van der Waals surface area contributed by atoms with E-state index in [0.29, 0.717) is 18.0 Å². The Balaban J connectivity index is 1.65. The van der Waals surface area contributed by atoms with Crippen molar-refractivity contribution in [2.75, 3.05) is 19.6 Å². The van der Waals surface area contributed by atoms with E-state index in [9.17, 15) is 18.0 Å². The van der Waals surface area contributed by atoms with Gasteiger partial charge in [0.2, 0.25) is 21.8 Å². The lowest BCUT2D eigenvalue weighted by molar-refractivity contribution is -0.143. The molecule has 1 aromatic carbocycles. The molecule has 0 spiro atoms. The topological polar surface area (TPSA) is 86.8 Å². The molecule has 0 aliphatic carbocycles. The minimum Gasteiger partial charge on any atom is -0.341 e. The van der Waals surface area contributed by atoms with E-state index in [-0.39, 0.29) is 16.7 Å². The molecule has 9 heteroatoms. The number of amides is 2. The number of piperidine rings is 1. The first kappa shape index (κ1) is 20.1. The number of rotatable bonds is 5. The molecule has 0 bridgehead atoms. The Kier molecular flexibility index (Phi) is 6.08. The molecule has 2 heterocycles. The lowest BCUT2D eigenvalue weighted by Crippen LogP contribution is -2.51. The van der Waals surface area contributed by atoms with Gasteiger partial charge < -0.3 is 9.80 Å². The number of carbonyl (C=O) groups excluding carboxylic acids is 2. The van der Waals surface area contributed by atoms with Gasteiger partial charge in [-0.1, -0.05) is 11.6 Å². The second-order valence-electron chi connectivity index (χ2n) is 7.01. The Morgan fingerprint density at radius 3 is 2.41 bits per heavy atom. The van der Waals surface area contributed by atoms with Crippen LogP contribution in [0.5, 0.6) is 0 Å². The fourth-order valence-corrected chi connectivity index (χ4v) is 4.93. The molecule has 2 saturated heterocycles. The Morgan fingerprint density at radius 2 is 1.78 bits per heavy atom. The van der Waals surface area contributed by atoms with Crippen molar-refractivity contribution in [3.05, 3.63) is 29.3 Å². The molecule has 2 aliphatic heterocycles.